The van der Waals surface area contributed by atoms with Crippen LogP contribution in [-0.2, 0) is 0 Å². The van der Waals surface area contributed by atoms with E-state index in [1.165, 1.54) is 0 Å². The Bertz CT molecular complexity index is 366. The first-order valence-corrected chi connectivity index (χ1v) is 5.09. The van der Waals surface area contributed by atoms with E-state index in [4.69, 9.17) is 21.9 Å². The lowest BCUT2D eigenvalue weighted by atomic mass is 10.0. The van der Waals surface area contributed by atoms with E-state index in [1.54, 1.807) is 32.0 Å². The molecular weight excluding hydrogens is 206 g/mol. The number of aliphatic hydroxyl groups is 1. The van der Waals surface area contributed by atoms with Gasteiger partial charge in [-0.3, -0.25) is 0 Å². The summed E-state index contributed by atoms with van der Waals surface area (Å²) in [5.74, 6) is 0.492. The van der Waals surface area contributed by atoms with Gasteiger partial charge >= 0.3 is 0 Å². The number of aliphatic hydroxyl groups excluding tert-OH is 1. The van der Waals surface area contributed by atoms with Crippen molar-refractivity contribution in [2.45, 2.75) is 25.6 Å². The van der Waals surface area contributed by atoms with E-state index in [9.17, 15) is 5.11 Å². The Morgan fingerprint density at radius 2 is 2.00 bits per heavy atom. The van der Waals surface area contributed by atoms with Crippen molar-refractivity contribution in [2.24, 2.45) is 5.73 Å². The Morgan fingerprint density at radius 3 is 2.50 bits per heavy atom. The first-order chi connectivity index (χ1) is 7.36. The third-order valence-electron chi connectivity index (χ3n) is 2.43. The summed E-state index contributed by atoms with van der Waals surface area (Å²) in [6.07, 6.45) is -0.760. The Balaban J connectivity index is 2.87. The van der Waals surface area contributed by atoms with Crippen molar-refractivity contribution in [3.05, 3.63) is 18.2 Å². The highest BCUT2D eigenvalue weighted by Gasteiger charge is 2.29. The van der Waals surface area contributed by atoms with Gasteiger partial charge in [0.25, 0.3) is 0 Å². The zero-order valence-electron chi connectivity index (χ0n) is 9.60. The summed E-state index contributed by atoms with van der Waals surface area (Å²) >= 11 is 0. The third kappa shape index (κ3) is 2.77. The van der Waals surface area contributed by atoms with E-state index in [1.807, 2.05) is 0 Å². The number of hydrogen-bond acceptors (Lipinski definition) is 5. The predicted octanol–water partition coefficient (Wildman–Crippen LogP) is 0.328. The molecule has 0 amide bonds. The Kier molecular flexibility index (Phi) is 3.62. The van der Waals surface area contributed by atoms with Gasteiger partial charge in [0.1, 0.15) is 17.5 Å². The fourth-order valence-electron chi connectivity index (χ4n) is 1.30. The number of nitrogen functional groups attached to an aromatic ring is 2. The molecular formula is C11H19N3O2. The average molecular weight is 225 g/mol. The quantitative estimate of drug-likeness (QED) is 0.552. The van der Waals surface area contributed by atoms with Crippen LogP contribution in [0.15, 0.2) is 18.2 Å². The van der Waals surface area contributed by atoms with Crippen LogP contribution in [-0.4, -0.2) is 23.4 Å². The first kappa shape index (κ1) is 12.6. The largest absolute Gasteiger partial charge is 0.483 e. The van der Waals surface area contributed by atoms with E-state index in [-0.39, 0.29) is 6.54 Å². The van der Waals surface area contributed by atoms with Gasteiger partial charge in [-0.05, 0) is 32.0 Å². The normalized spacial score (nSPS) is 13.5. The number of rotatable bonds is 4. The van der Waals surface area contributed by atoms with Crippen molar-refractivity contribution in [1.82, 2.24) is 0 Å². The lowest BCUT2D eigenvalue weighted by Crippen LogP contribution is -2.46. The van der Waals surface area contributed by atoms with Gasteiger partial charge in [-0.15, -0.1) is 0 Å². The van der Waals surface area contributed by atoms with Crippen molar-refractivity contribution >= 4 is 11.4 Å². The maximum Gasteiger partial charge on any atom is 0.143 e. The van der Waals surface area contributed by atoms with Gasteiger partial charge in [-0.1, -0.05) is 0 Å². The van der Waals surface area contributed by atoms with Crippen LogP contribution in [0, 0.1) is 0 Å². The molecule has 0 saturated carbocycles. The smallest absolute Gasteiger partial charge is 0.143 e. The molecule has 0 aliphatic carbocycles. The summed E-state index contributed by atoms with van der Waals surface area (Å²) in [4.78, 5) is 0. The fourth-order valence-corrected chi connectivity index (χ4v) is 1.30. The Hall–Kier alpha value is -1.46. The molecule has 0 bridgehead atoms. The van der Waals surface area contributed by atoms with Gasteiger partial charge in [0.15, 0.2) is 0 Å². The molecule has 0 radical (unpaired) electrons. The van der Waals surface area contributed by atoms with Crippen LogP contribution >= 0.6 is 0 Å². The van der Waals surface area contributed by atoms with E-state index in [0.29, 0.717) is 17.1 Å². The van der Waals surface area contributed by atoms with Crippen molar-refractivity contribution in [2.75, 3.05) is 18.0 Å². The second-order valence-corrected chi connectivity index (χ2v) is 4.25. The summed E-state index contributed by atoms with van der Waals surface area (Å²) in [5, 5.41) is 9.68. The zero-order chi connectivity index (χ0) is 12.3. The van der Waals surface area contributed by atoms with Crippen LogP contribution in [0.1, 0.15) is 13.8 Å². The topological polar surface area (TPSA) is 108 Å². The zero-order valence-corrected chi connectivity index (χ0v) is 9.60. The molecule has 1 aromatic carbocycles. The lowest BCUT2D eigenvalue weighted by molar-refractivity contribution is -0.0223. The number of ether oxygens (including phenoxy) is 1. The molecule has 1 aromatic rings. The number of nitrogens with two attached hydrogens (primary N) is 3. The van der Waals surface area contributed by atoms with Gasteiger partial charge in [-0.25, -0.2) is 0 Å². The second-order valence-electron chi connectivity index (χ2n) is 4.25. The highest BCUT2D eigenvalue weighted by atomic mass is 16.5. The monoisotopic (exact) mass is 225 g/mol. The minimum absolute atomic E-state index is 0.127. The van der Waals surface area contributed by atoms with Gasteiger partial charge in [0.05, 0.1) is 5.69 Å². The molecule has 1 unspecified atom stereocenters. The molecule has 1 atom stereocenters. The summed E-state index contributed by atoms with van der Waals surface area (Å²) in [6.45, 7) is 3.63. The molecule has 0 aromatic heterocycles. The SMILES string of the molecule is CC(C)(Oc1ccc(N)cc1N)C(O)CN. The van der Waals surface area contributed by atoms with Crippen molar-refractivity contribution < 1.29 is 9.84 Å². The standard InChI is InChI=1S/C11H19N3O2/c1-11(2,10(15)6-12)16-9-4-3-7(13)5-8(9)14/h3-5,10,15H,6,12-14H2,1-2H3. The third-order valence-corrected chi connectivity index (χ3v) is 2.43. The minimum atomic E-state index is -0.793. The number of benzene rings is 1. The summed E-state index contributed by atoms with van der Waals surface area (Å²) < 4.78 is 5.63. The van der Waals surface area contributed by atoms with E-state index in [0.717, 1.165) is 0 Å². The second kappa shape index (κ2) is 4.59. The van der Waals surface area contributed by atoms with E-state index >= 15 is 0 Å². The van der Waals surface area contributed by atoms with Crippen molar-refractivity contribution in [3.8, 4) is 5.75 Å². The summed E-state index contributed by atoms with van der Waals surface area (Å²) in [7, 11) is 0. The molecule has 0 spiro atoms. The summed E-state index contributed by atoms with van der Waals surface area (Å²) in [6, 6.07) is 4.98. The van der Waals surface area contributed by atoms with Crippen LogP contribution in [0.3, 0.4) is 0 Å². The summed E-state index contributed by atoms with van der Waals surface area (Å²) in [5.41, 5.74) is 16.9. The van der Waals surface area contributed by atoms with Gasteiger partial charge in [-0.2, -0.15) is 0 Å². The van der Waals surface area contributed by atoms with Gasteiger partial charge in [0, 0.05) is 12.2 Å². The van der Waals surface area contributed by atoms with Crippen LogP contribution in [0.2, 0.25) is 0 Å². The fraction of sp³-hybridized carbons (Fsp3) is 0.455. The molecule has 1 rings (SSSR count). The molecule has 0 heterocycles. The van der Waals surface area contributed by atoms with Crippen LogP contribution in [0.5, 0.6) is 5.75 Å². The molecule has 7 N–H and O–H groups in total. The van der Waals surface area contributed by atoms with Gasteiger partial charge in [0.2, 0.25) is 0 Å². The highest BCUT2D eigenvalue weighted by molar-refractivity contribution is 5.60. The maximum absolute atomic E-state index is 9.68. The van der Waals surface area contributed by atoms with E-state index in [2.05, 4.69) is 0 Å². The first-order valence-electron chi connectivity index (χ1n) is 5.09. The minimum Gasteiger partial charge on any atom is -0.483 e. The molecule has 0 aliphatic heterocycles. The van der Waals surface area contributed by atoms with Crippen molar-refractivity contribution in [3.63, 3.8) is 0 Å². The number of hydrogen-bond donors (Lipinski definition) is 4. The molecule has 0 fully saturated rings. The van der Waals surface area contributed by atoms with Crippen molar-refractivity contribution in [1.29, 1.82) is 0 Å². The molecule has 0 aliphatic rings. The lowest BCUT2D eigenvalue weighted by Gasteiger charge is -2.31. The van der Waals surface area contributed by atoms with E-state index < -0.39 is 11.7 Å². The molecule has 5 nitrogen and oxygen atoms in total. The van der Waals surface area contributed by atoms with Crippen LogP contribution in [0.25, 0.3) is 0 Å². The molecule has 90 valence electrons. The Morgan fingerprint density at radius 1 is 1.38 bits per heavy atom. The van der Waals surface area contributed by atoms with Gasteiger partial charge < -0.3 is 27.0 Å². The molecule has 0 saturated heterocycles. The van der Waals surface area contributed by atoms with Crippen LogP contribution < -0.4 is 21.9 Å². The average Bonchev–Trinajstić information content (AvgIpc) is 2.21. The molecule has 16 heavy (non-hydrogen) atoms. The number of anilines is 2. The predicted molar refractivity (Wildman–Crippen MR) is 65.0 cm³/mol. The highest BCUT2D eigenvalue weighted by Crippen LogP contribution is 2.28. The van der Waals surface area contributed by atoms with Crippen LogP contribution in [0.4, 0.5) is 11.4 Å². The molecule has 5 heteroatoms. The Labute approximate surface area is 95.2 Å². The maximum atomic E-state index is 9.68.